The van der Waals surface area contributed by atoms with E-state index >= 15 is 0 Å². The largest absolute Gasteiger partial charge is 0.493 e. The lowest BCUT2D eigenvalue weighted by molar-refractivity contribution is 0.356. The lowest BCUT2D eigenvalue weighted by Gasteiger charge is -2.11. The van der Waals surface area contributed by atoms with Crippen molar-refractivity contribution in [3.63, 3.8) is 0 Å². The molecular weight excluding hydrogens is 210 g/mol. The number of hydrogen-bond acceptors (Lipinski definition) is 2. The van der Waals surface area contributed by atoms with Crippen LogP contribution in [0.2, 0.25) is 0 Å². The van der Waals surface area contributed by atoms with E-state index in [-0.39, 0.29) is 18.4 Å². The fraction of sp³-hybridized carbons (Fsp3) is 0.500. The molecule has 3 heteroatoms. The smallest absolute Gasteiger partial charge is 0.122 e. The fourth-order valence-corrected chi connectivity index (χ4v) is 2.14. The van der Waals surface area contributed by atoms with Crippen LogP contribution in [0.15, 0.2) is 18.2 Å². The monoisotopic (exact) mass is 225 g/mol. The van der Waals surface area contributed by atoms with Crippen molar-refractivity contribution in [1.82, 2.24) is 0 Å². The second-order valence-corrected chi connectivity index (χ2v) is 4.33. The summed E-state index contributed by atoms with van der Waals surface area (Å²) in [5.74, 6) is 1.78. The highest BCUT2D eigenvalue weighted by atomic mass is 35.5. The minimum atomic E-state index is 0. The van der Waals surface area contributed by atoms with Crippen molar-refractivity contribution in [2.45, 2.75) is 25.3 Å². The molecule has 82 valence electrons. The first-order chi connectivity index (χ1) is 6.84. The van der Waals surface area contributed by atoms with Gasteiger partial charge < -0.3 is 10.5 Å². The molecule has 2 aliphatic rings. The van der Waals surface area contributed by atoms with Crippen LogP contribution < -0.4 is 10.5 Å². The Balaban J connectivity index is 0.000000853. The predicted octanol–water partition coefficient (Wildman–Crippen LogP) is 2.45. The zero-order valence-corrected chi connectivity index (χ0v) is 9.43. The Morgan fingerprint density at radius 3 is 2.87 bits per heavy atom. The van der Waals surface area contributed by atoms with E-state index in [1.165, 1.54) is 24.0 Å². The van der Waals surface area contributed by atoms with Gasteiger partial charge in [-0.3, -0.25) is 0 Å². The van der Waals surface area contributed by atoms with Crippen LogP contribution in [0.4, 0.5) is 0 Å². The van der Waals surface area contributed by atoms with Gasteiger partial charge in [-0.05, 0) is 36.0 Å². The molecule has 0 spiro atoms. The maximum Gasteiger partial charge on any atom is 0.122 e. The predicted molar refractivity (Wildman–Crippen MR) is 62.5 cm³/mol. The van der Waals surface area contributed by atoms with E-state index in [1.54, 1.807) is 0 Å². The van der Waals surface area contributed by atoms with Crippen molar-refractivity contribution in [1.29, 1.82) is 0 Å². The third-order valence-electron chi connectivity index (χ3n) is 3.23. The standard InChI is InChI=1S/C12H15NO.ClH/c13-12(8-1-2-8)10-3-4-11-9(7-10)5-6-14-11;/h3-4,7-8,12H,1-2,5-6,13H2;1H/t12-;/m1./s1. The number of ether oxygens (including phenoxy) is 1. The van der Waals surface area contributed by atoms with E-state index in [0.29, 0.717) is 0 Å². The summed E-state index contributed by atoms with van der Waals surface area (Å²) in [6.07, 6.45) is 3.64. The summed E-state index contributed by atoms with van der Waals surface area (Å²) in [5, 5.41) is 0. The molecule has 1 fully saturated rings. The summed E-state index contributed by atoms with van der Waals surface area (Å²) in [4.78, 5) is 0. The second-order valence-electron chi connectivity index (χ2n) is 4.33. The maximum absolute atomic E-state index is 6.15. The molecule has 1 aliphatic heterocycles. The van der Waals surface area contributed by atoms with Crippen LogP contribution in [-0.4, -0.2) is 6.61 Å². The van der Waals surface area contributed by atoms with E-state index < -0.39 is 0 Å². The molecule has 0 bridgehead atoms. The zero-order chi connectivity index (χ0) is 9.54. The van der Waals surface area contributed by atoms with E-state index in [1.807, 2.05) is 0 Å². The number of halogens is 1. The maximum atomic E-state index is 6.15. The SMILES string of the molecule is Cl.N[C@@H](c1ccc2c(c1)CCO2)C1CC1. The summed E-state index contributed by atoms with van der Waals surface area (Å²) in [6.45, 7) is 0.831. The highest BCUT2D eigenvalue weighted by molar-refractivity contribution is 5.85. The molecule has 15 heavy (non-hydrogen) atoms. The molecular formula is C12H16ClNO. The van der Waals surface area contributed by atoms with E-state index in [2.05, 4.69) is 18.2 Å². The molecule has 2 nitrogen and oxygen atoms in total. The van der Waals surface area contributed by atoms with Gasteiger partial charge in [0.25, 0.3) is 0 Å². The van der Waals surface area contributed by atoms with Gasteiger partial charge in [0.2, 0.25) is 0 Å². The minimum absolute atomic E-state index is 0. The molecule has 0 amide bonds. The van der Waals surface area contributed by atoms with Gasteiger partial charge in [-0.2, -0.15) is 0 Å². The fourth-order valence-electron chi connectivity index (χ4n) is 2.14. The van der Waals surface area contributed by atoms with Gasteiger partial charge in [-0.1, -0.05) is 12.1 Å². The van der Waals surface area contributed by atoms with E-state index in [9.17, 15) is 0 Å². The number of fused-ring (bicyclic) bond motifs is 1. The van der Waals surface area contributed by atoms with Crippen LogP contribution in [0.3, 0.4) is 0 Å². The van der Waals surface area contributed by atoms with Crippen LogP contribution >= 0.6 is 12.4 Å². The summed E-state index contributed by atoms with van der Waals surface area (Å²) in [6, 6.07) is 6.67. The van der Waals surface area contributed by atoms with E-state index in [4.69, 9.17) is 10.5 Å². The molecule has 1 saturated carbocycles. The van der Waals surface area contributed by atoms with Crippen molar-refractivity contribution >= 4 is 12.4 Å². The Kier molecular flexibility index (Phi) is 2.89. The van der Waals surface area contributed by atoms with Crippen molar-refractivity contribution in [3.8, 4) is 5.75 Å². The molecule has 0 radical (unpaired) electrons. The average molecular weight is 226 g/mol. The Morgan fingerprint density at radius 2 is 2.13 bits per heavy atom. The van der Waals surface area contributed by atoms with Crippen molar-refractivity contribution < 1.29 is 4.74 Å². The van der Waals surface area contributed by atoms with E-state index in [0.717, 1.165) is 24.7 Å². The second kappa shape index (κ2) is 4.03. The molecule has 3 rings (SSSR count). The van der Waals surface area contributed by atoms with Crippen LogP contribution in [0.5, 0.6) is 5.75 Å². The topological polar surface area (TPSA) is 35.2 Å². The van der Waals surface area contributed by atoms with Gasteiger partial charge in [0, 0.05) is 12.5 Å². The highest BCUT2D eigenvalue weighted by Crippen LogP contribution is 2.40. The molecule has 0 aromatic heterocycles. The van der Waals surface area contributed by atoms with Crippen molar-refractivity contribution in [2.24, 2.45) is 11.7 Å². The molecule has 1 aliphatic carbocycles. The number of hydrogen-bond donors (Lipinski definition) is 1. The summed E-state index contributed by atoms with van der Waals surface area (Å²) in [5.41, 5.74) is 8.77. The minimum Gasteiger partial charge on any atom is -0.493 e. The van der Waals surface area contributed by atoms with Gasteiger partial charge in [-0.15, -0.1) is 12.4 Å². The summed E-state index contributed by atoms with van der Waals surface area (Å²) in [7, 11) is 0. The number of benzene rings is 1. The molecule has 0 saturated heterocycles. The lowest BCUT2D eigenvalue weighted by atomic mass is 10.00. The number of rotatable bonds is 2. The Bertz CT molecular complexity index is 363. The number of nitrogens with two attached hydrogens (primary N) is 1. The first-order valence-electron chi connectivity index (χ1n) is 5.36. The third-order valence-corrected chi connectivity index (χ3v) is 3.23. The Hall–Kier alpha value is -0.730. The normalized spacial score (nSPS) is 20.1. The quantitative estimate of drug-likeness (QED) is 0.839. The van der Waals surface area contributed by atoms with Crippen LogP contribution in [0.1, 0.15) is 30.0 Å². The average Bonchev–Trinajstić information content (AvgIpc) is 2.95. The first kappa shape index (κ1) is 10.8. The van der Waals surface area contributed by atoms with Gasteiger partial charge in [-0.25, -0.2) is 0 Å². The molecule has 0 unspecified atom stereocenters. The molecule has 1 aromatic rings. The summed E-state index contributed by atoms with van der Waals surface area (Å²) >= 11 is 0. The molecule has 1 heterocycles. The molecule has 1 atom stereocenters. The van der Waals surface area contributed by atoms with Crippen LogP contribution in [0, 0.1) is 5.92 Å². The van der Waals surface area contributed by atoms with Gasteiger partial charge >= 0.3 is 0 Å². The van der Waals surface area contributed by atoms with Crippen molar-refractivity contribution in [3.05, 3.63) is 29.3 Å². The van der Waals surface area contributed by atoms with Crippen molar-refractivity contribution in [2.75, 3.05) is 6.61 Å². The molecule has 2 N–H and O–H groups in total. The van der Waals surface area contributed by atoms with Crippen LogP contribution in [-0.2, 0) is 6.42 Å². The summed E-state index contributed by atoms with van der Waals surface area (Å²) < 4.78 is 5.47. The van der Waals surface area contributed by atoms with Gasteiger partial charge in [0.1, 0.15) is 5.75 Å². The molecule has 1 aromatic carbocycles. The Morgan fingerprint density at radius 1 is 1.33 bits per heavy atom. The lowest BCUT2D eigenvalue weighted by Crippen LogP contribution is -2.12. The van der Waals surface area contributed by atoms with Gasteiger partial charge in [0.05, 0.1) is 6.61 Å². The Labute approximate surface area is 96.2 Å². The van der Waals surface area contributed by atoms with Crippen LogP contribution in [0.25, 0.3) is 0 Å². The highest BCUT2D eigenvalue weighted by Gasteiger charge is 2.30. The zero-order valence-electron chi connectivity index (χ0n) is 8.61. The van der Waals surface area contributed by atoms with Gasteiger partial charge in [0.15, 0.2) is 0 Å². The third kappa shape index (κ3) is 1.97. The first-order valence-corrected chi connectivity index (χ1v) is 5.36.